The van der Waals surface area contributed by atoms with Gasteiger partial charge in [-0.25, -0.2) is 12.8 Å². The summed E-state index contributed by atoms with van der Waals surface area (Å²) in [6.07, 6.45) is 0.736. The summed E-state index contributed by atoms with van der Waals surface area (Å²) >= 11 is 11.4. The van der Waals surface area contributed by atoms with Crippen LogP contribution in [0.15, 0.2) is 17.0 Å². The van der Waals surface area contributed by atoms with E-state index in [0.29, 0.717) is 13.1 Å². The van der Waals surface area contributed by atoms with Gasteiger partial charge in [-0.3, -0.25) is 0 Å². The first kappa shape index (κ1) is 16.0. The van der Waals surface area contributed by atoms with Crippen molar-refractivity contribution in [3.05, 3.63) is 28.0 Å². The summed E-state index contributed by atoms with van der Waals surface area (Å²) in [7, 11) is -0.00192. The maximum absolute atomic E-state index is 13.7. The van der Waals surface area contributed by atoms with E-state index in [1.165, 1.54) is 16.4 Å². The van der Waals surface area contributed by atoms with Crippen LogP contribution in [0.5, 0.6) is 0 Å². The van der Waals surface area contributed by atoms with E-state index in [1.54, 1.807) is 0 Å². The number of rotatable bonds is 3. The van der Waals surface area contributed by atoms with Gasteiger partial charge in [-0.2, -0.15) is 4.31 Å². The molecule has 20 heavy (non-hydrogen) atoms. The molecule has 0 N–H and O–H groups in total. The third-order valence-electron chi connectivity index (χ3n) is 3.47. The number of sulfonamides is 1. The van der Waals surface area contributed by atoms with Gasteiger partial charge in [-0.15, -0.1) is 0 Å². The minimum atomic E-state index is -3.80. The fraction of sp³-hybridized carbons (Fsp3) is 0.500. The Balaban J connectivity index is 2.35. The maximum Gasteiger partial charge on any atom is 0.244 e. The van der Waals surface area contributed by atoms with Crippen LogP contribution in [0.4, 0.5) is 4.39 Å². The molecule has 0 amide bonds. The predicted molar refractivity (Wildman–Crippen MR) is 77.3 cm³/mol. The Morgan fingerprint density at radius 1 is 1.35 bits per heavy atom. The van der Waals surface area contributed by atoms with Gasteiger partial charge in [0.2, 0.25) is 10.0 Å². The van der Waals surface area contributed by atoms with Gasteiger partial charge in [-0.1, -0.05) is 23.2 Å². The molecule has 1 aliphatic rings. The molecule has 4 nitrogen and oxygen atoms in total. The molecular weight excluding hydrogens is 326 g/mol. The molecule has 1 atom stereocenters. The molecule has 1 saturated heterocycles. The zero-order valence-electron chi connectivity index (χ0n) is 11.1. The molecular formula is C12H15Cl2FN2O2S. The van der Waals surface area contributed by atoms with Crippen molar-refractivity contribution >= 4 is 33.2 Å². The van der Waals surface area contributed by atoms with Gasteiger partial charge in [-0.05, 0) is 32.6 Å². The second-order valence-corrected chi connectivity index (χ2v) is 7.63. The average molecular weight is 341 g/mol. The van der Waals surface area contributed by atoms with E-state index >= 15 is 0 Å². The van der Waals surface area contributed by atoms with E-state index in [2.05, 4.69) is 0 Å². The smallest absolute Gasteiger partial charge is 0.244 e. The molecule has 0 aliphatic carbocycles. The quantitative estimate of drug-likeness (QED) is 0.793. The molecule has 1 aliphatic heterocycles. The van der Waals surface area contributed by atoms with Crippen molar-refractivity contribution in [2.24, 2.45) is 0 Å². The number of benzene rings is 1. The number of likely N-dealkylation sites (N-methyl/N-ethyl adjacent to an activating group) is 1. The lowest BCUT2D eigenvalue weighted by Crippen LogP contribution is -2.34. The predicted octanol–water partition coefficient (Wildman–Crippen LogP) is 2.46. The summed E-state index contributed by atoms with van der Waals surface area (Å²) < 4.78 is 40.0. The number of nitrogens with zero attached hydrogens (tertiary/aromatic N) is 2. The number of halogens is 3. The summed E-state index contributed by atoms with van der Waals surface area (Å²) in [6, 6.07) is 2.60. The molecule has 1 aromatic carbocycles. The van der Waals surface area contributed by atoms with Crippen LogP contribution in [-0.4, -0.2) is 50.8 Å². The largest absolute Gasteiger partial charge is 0.305 e. The first-order valence-corrected chi connectivity index (χ1v) is 8.25. The molecule has 112 valence electrons. The van der Waals surface area contributed by atoms with Crippen molar-refractivity contribution in [2.45, 2.75) is 17.4 Å². The lowest BCUT2D eigenvalue weighted by Gasteiger charge is -2.20. The van der Waals surface area contributed by atoms with E-state index in [9.17, 15) is 12.8 Å². The summed E-state index contributed by atoms with van der Waals surface area (Å²) in [5, 5.41) is -0.646. The van der Waals surface area contributed by atoms with E-state index < -0.39 is 20.9 Å². The Kier molecular flexibility index (Phi) is 4.61. The monoisotopic (exact) mass is 340 g/mol. The molecule has 2 rings (SSSR count). The van der Waals surface area contributed by atoms with Crippen LogP contribution in [0.25, 0.3) is 0 Å². The van der Waals surface area contributed by atoms with Crippen molar-refractivity contribution in [3.63, 3.8) is 0 Å². The summed E-state index contributed by atoms with van der Waals surface area (Å²) in [5.41, 5.74) is 0. The Labute approximate surface area is 128 Å². The van der Waals surface area contributed by atoms with E-state index in [-0.39, 0.29) is 16.0 Å². The molecule has 8 heteroatoms. The van der Waals surface area contributed by atoms with Gasteiger partial charge in [0.25, 0.3) is 0 Å². The maximum atomic E-state index is 13.7. The second-order valence-electron chi connectivity index (χ2n) is 4.94. The Morgan fingerprint density at radius 3 is 2.55 bits per heavy atom. The molecule has 0 radical (unpaired) electrons. The van der Waals surface area contributed by atoms with Crippen molar-refractivity contribution in [1.29, 1.82) is 0 Å². The highest BCUT2D eigenvalue weighted by molar-refractivity contribution is 7.89. The fourth-order valence-electron chi connectivity index (χ4n) is 2.20. The molecule has 1 fully saturated rings. The normalized spacial score (nSPS) is 20.8. The Hall–Kier alpha value is -0.400. The number of hydrogen-bond donors (Lipinski definition) is 0. The van der Waals surface area contributed by atoms with Gasteiger partial charge in [0.15, 0.2) is 5.82 Å². The summed E-state index contributed by atoms with van der Waals surface area (Å²) in [5.74, 6) is -0.905. The first-order valence-electron chi connectivity index (χ1n) is 6.05. The third-order valence-corrected chi connectivity index (χ3v) is 6.15. The van der Waals surface area contributed by atoms with Gasteiger partial charge < -0.3 is 4.90 Å². The molecule has 1 aromatic rings. The molecule has 0 saturated carbocycles. The highest BCUT2D eigenvalue weighted by Crippen LogP contribution is 2.32. The second kappa shape index (κ2) is 5.77. The molecule has 1 heterocycles. The van der Waals surface area contributed by atoms with Crippen LogP contribution in [0.1, 0.15) is 6.42 Å². The fourth-order valence-corrected chi connectivity index (χ4v) is 4.41. The Morgan fingerprint density at radius 2 is 2.00 bits per heavy atom. The lowest BCUT2D eigenvalue weighted by molar-refractivity contribution is 0.302. The summed E-state index contributed by atoms with van der Waals surface area (Å²) in [6.45, 7) is 0.766. The minimum absolute atomic E-state index is 0.153. The number of hydrogen-bond acceptors (Lipinski definition) is 3. The van der Waals surface area contributed by atoms with Crippen LogP contribution in [0, 0.1) is 5.82 Å². The van der Waals surface area contributed by atoms with Gasteiger partial charge in [0.1, 0.15) is 4.90 Å². The van der Waals surface area contributed by atoms with Crippen LogP contribution in [0.3, 0.4) is 0 Å². The highest BCUT2D eigenvalue weighted by atomic mass is 35.5. The van der Waals surface area contributed by atoms with E-state index in [1.807, 2.05) is 19.0 Å². The summed E-state index contributed by atoms with van der Waals surface area (Å²) in [4.78, 5) is 1.74. The zero-order valence-corrected chi connectivity index (χ0v) is 13.4. The minimum Gasteiger partial charge on any atom is -0.305 e. The zero-order chi connectivity index (χ0) is 15.1. The van der Waals surface area contributed by atoms with Crippen molar-refractivity contribution in [3.8, 4) is 0 Å². The van der Waals surface area contributed by atoms with Crippen LogP contribution >= 0.6 is 23.2 Å². The standard InChI is InChI=1S/C12H15Cl2FN2O2S/c1-16(2)8-5-6-17(7-8)20(18,19)10-4-3-9(13)12(15)11(10)14/h3-4,8H,5-7H2,1-2H3/t8-/m0/s1. The van der Waals surface area contributed by atoms with E-state index in [0.717, 1.165) is 6.42 Å². The van der Waals surface area contributed by atoms with Crippen LogP contribution in [-0.2, 0) is 10.0 Å². The lowest BCUT2D eigenvalue weighted by atomic mass is 10.2. The Bertz CT molecular complexity index is 622. The van der Waals surface area contributed by atoms with Gasteiger partial charge >= 0.3 is 0 Å². The van der Waals surface area contributed by atoms with Crippen molar-refractivity contribution in [2.75, 3.05) is 27.2 Å². The molecule has 0 unspecified atom stereocenters. The van der Waals surface area contributed by atoms with Gasteiger partial charge in [0.05, 0.1) is 10.0 Å². The topological polar surface area (TPSA) is 40.6 Å². The average Bonchev–Trinajstić information content (AvgIpc) is 2.86. The third kappa shape index (κ3) is 2.80. The van der Waals surface area contributed by atoms with Gasteiger partial charge in [0, 0.05) is 19.1 Å². The van der Waals surface area contributed by atoms with E-state index in [4.69, 9.17) is 23.2 Å². The van der Waals surface area contributed by atoms with Crippen LogP contribution in [0.2, 0.25) is 10.0 Å². The molecule has 0 spiro atoms. The highest BCUT2D eigenvalue weighted by Gasteiger charge is 2.35. The SMILES string of the molecule is CN(C)[C@H]1CCN(S(=O)(=O)c2ccc(Cl)c(F)c2Cl)C1. The first-order chi connectivity index (χ1) is 9.25. The van der Waals surface area contributed by atoms with Crippen molar-refractivity contribution in [1.82, 2.24) is 9.21 Å². The van der Waals surface area contributed by atoms with Crippen LogP contribution < -0.4 is 0 Å². The van der Waals surface area contributed by atoms with Crippen molar-refractivity contribution < 1.29 is 12.8 Å². The molecule has 0 bridgehead atoms. The molecule has 0 aromatic heterocycles.